The van der Waals surface area contributed by atoms with Crippen LogP contribution in [-0.4, -0.2) is 24.0 Å². The molecule has 1 heterocycles. The highest BCUT2D eigenvalue weighted by Crippen LogP contribution is 2.39. The Hall–Kier alpha value is -0.780. The Morgan fingerprint density at radius 2 is 2.05 bits per heavy atom. The van der Waals surface area contributed by atoms with Gasteiger partial charge in [-0.1, -0.05) is 13.8 Å². The fourth-order valence-corrected chi connectivity index (χ4v) is 2.67. The molecule has 0 aliphatic carbocycles. The van der Waals surface area contributed by atoms with Crippen LogP contribution in [0.1, 0.15) is 32.3 Å². The summed E-state index contributed by atoms with van der Waals surface area (Å²) in [7, 11) is 0. The van der Waals surface area contributed by atoms with Crippen LogP contribution in [0.5, 0.6) is 11.5 Å². The first kappa shape index (κ1) is 14.6. The second-order valence-electron chi connectivity index (χ2n) is 4.85. The Morgan fingerprint density at radius 3 is 2.74 bits per heavy atom. The standard InChI is InChI=1S/C14H20BrNO3/c1-3-14(17,4-2)8-16-7-10-5-11(15)13-12(6-10)18-9-19-13/h5-6,16-17H,3-4,7-9H2,1-2H3. The van der Waals surface area contributed by atoms with Crippen molar-refractivity contribution in [2.24, 2.45) is 0 Å². The highest BCUT2D eigenvalue weighted by Gasteiger charge is 2.22. The van der Waals surface area contributed by atoms with Crippen LogP contribution in [0.15, 0.2) is 16.6 Å². The largest absolute Gasteiger partial charge is 0.454 e. The van der Waals surface area contributed by atoms with Crippen molar-refractivity contribution in [3.8, 4) is 11.5 Å². The highest BCUT2D eigenvalue weighted by molar-refractivity contribution is 9.10. The van der Waals surface area contributed by atoms with Crippen LogP contribution in [0, 0.1) is 0 Å². The van der Waals surface area contributed by atoms with Crippen molar-refractivity contribution in [3.05, 3.63) is 22.2 Å². The van der Waals surface area contributed by atoms with Crippen molar-refractivity contribution in [2.45, 2.75) is 38.8 Å². The predicted molar refractivity (Wildman–Crippen MR) is 77.5 cm³/mol. The summed E-state index contributed by atoms with van der Waals surface area (Å²) in [6.07, 6.45) is 1.50. The van der Waals surface area contributed by atoms with E-state index in [0.29, 0.717) is 13.1 Å². The van der Waals surface area contributed by atoms with Crippen LogP contribution in [0.3, 0.4) is 0 Å². The number of ether oxygens (including phenoxy) is 2. The van der Waals surface area contributed by atoms with Crippen LogP contribution < -0.4 is 14.8 Å². The molecule has 1 aromatic carbocycles. The van der Waals surface area contributed by atoms with E-state index in [2.05, 4.69) is 21.2 Å². The quantitative estimate of drug-likeness (QED) is 0.842. The van der Waals surface area contributed by atoms with Gasteiger partial charge in [-0.2, -0.15) is 0 Å². The topological polar surface area (TPSA) is 50.7 Å². The van der Waals surface area contributed by atoms with E-state index in [1.54, 1.807) is 0 Å². The number of benzene rings is 1. The van der Waals surface area contributed by atoms with E-state index in [-0.39, 0.29) is 6.79 Å². The van der Waals surface area contributed by atoms with Crippen molar-refractivity contribution in [1.82, 2.24) is 5.32 Å². The summed E-state index contributed by atoms with van der Waals surface area (Å²) in [6.45, 7) is 5.56. The number of rotatable bonds is 6. The Bertz CT molecular complexity index is 447. The molecule has 19 heavy (non-hydrogen) atoms. The lowest BCUT2D eigenvalue weighted by atomic mass is 9.97. The molecule has 0 saturated carbocycles. The molecule has 0 fully saturated rings. The fraction of sp³-hybridized carbons (Fsp3) is 0.571. The number of aliphatic hydroxyl groups is 1. The van der Waals surface area contributed by atoms with Crippen molar-refractivity contribution < 1.29 is 14.6 Å². The van der Waals surface area contributed by atoms with Gasteiger partial charge in [0, 0.05) is 13.1 Å². The average Bonchev–Trinajstić information content (AvgIpc) is 2.87. The van der Waals surface area contributed by atoms with Crippen LogP contribution in [0.2, 0.25) is 0 Å². The molecule has 0 radical (unpaired) electrons. The minimum Gasteiger partial charge on any atom is -0.454 e. The molecular formula is C14H20BrNO3. The summed E-state index contributed by atoms with van der Waals surface area (Å²) >= 11 is 3.47. The zero-order valence-corrected chi connectivity index (χ0v) is 12.9. The number of nitrogens with one attached hydrogen (secondary N) is 1. The van der Waals surface area contributed by atoms with Crippen LogP contribution >= 0.6 is 15.9 Å². The van der Waals surface area contributed by atoms with Crippen LogP contribution in [-0.2, 0) is 6.54 Å². The second kappa shape index (κ2) is 6.11. The van der Waals surface area contributed by atoms with Gasteiger partial charge in [-0.3, -0.25) is 0 Å². The first-order chi connectivity index (χ1) is 9.08. The molecule has 1 aromatic rings. The third-order valence-corrected chi connectivity index (χ3v) is 4.18. The minimum absolute atomic E-state index is 0.274. The molecule has 4 nitrogen and oxygen atoms in total. The third-order valence-electron chi connectivity index (χ3n) is 3.59. The minimum atomic E-state index is -0.617. The van der Waals surface area contributed by atoms with Crippen LogP contribution in [0.25, 0.3) is 0 Å². The van der Waals surface area contributed by atoms with Gasteiger partial charge >= 0.3 is 0 Å². The van der Waals surface area contributed by atoms with Gasteiger partial charge in [0.15, 0.2) is 11.5 Å². The molecule has 0 aromatic heterocycles. The fourth-order valence-electron chi connectivity index (χ4n) is 2.06. The molecule has 0 bridgehead atoms. The molecule has 0 unspecified atom stereocenters. The Morgan fingerprint density at radius 1 is 1.32 bits per heavy atom. The summed E-state index contributed by atoms with van der Waals surface area (Å²) in [5.74, 6) is 1.54. The maximum absolute atomic E-state index is 10.2. The number of hydrogen-bond donors (Lipinski definition) is 2. The van der Waals surface area contributed by atoms with Crippen molar-refractivity contribution >= 4 is 15.9 Å². The van der Waals surface area contributed by atoms with E-state index in [4.69, 9.17) is 9.47 Å². The van der Waals surface area contributed by atoms with Gasteiger partial charge in [0.1, 0.15) is 0 Å². The lowest BCUT2D eigenvalue weighted by Gasteiger charge is -2.25. The van der Waals surface area contributed by atoms with Gasteiger partial charge < -0.3 is 19.9 Å². The van der Waals surface area contributed by atoms with E-state index in [1.165, 1.54) is 0 Å². The predicted octanol–water partition coefficient (Wildman–Crippen LogP) is 2.82. The van der Waals surface area contributed by atoms with E-state index < -0.39 is 5.60 Å². The van der Waals surface area contributed by atoms with Crippen LogP contribution in [0.4, 0.5) is 0 Å². The molecule has 0 spiro atoms. The third kappa shape index (κ3) is 3.41. The summed E-state index contributed by atoms with van der Waals surface area (Å²) in [5, 5.41) is 13.5. The van der Waals surface area contributed by atoms with Gasteiger partial charge in [-0.15, -0.1) is 0 Å². The molecule has 106 valence electrons. The maximum atomic E-state index is 10.2. The monoisotopic (exact) mass is 329 g/mol. The summed E-state index contributed by atoms with van der Waals surface area (Å²) < 4.78 is 11.6. The molecule has 0 saturated heterocycles. The zero-order chi connectivity index (χ0) is 13.9. The van der Waals surface area contributed by atoms with Gasteiger partial charge in [0.05, 0.1) is 10.1 Å². The van der Waals surface area contributed by atoms with Gasteiger partial charge in [-0.25, -0.2) is 0 Å². The molecular weight excluding hydrogens is 310 g/mol. The highest BCUT2D eigenvalue weighted by atomic mass is 79.9. The lowest BCUT2D eigenvalue weighted by molar-refractivity contribution is 0.0323. The van der Waals surface area contributed by atoms with Crippen molar-refractivity contribution in [3.63, 3.8) is 0 Å². The molecule has 2 N–H and O–H groups in total. The Balaban J connectivity index is 1.95. The molecule has 1 aliphatic heterocycles. The van der Waals surface area contributed by atoms with E-state index in [9.17, 15) is 5.11 Å². The number of fused-ring (bicyclic) bond motifs is 1. The average molecular weight is 330 g/mol. The first-order valence-electron chi connectivity index (χ1n) is 6.59. The molecule has 2 rings (SSSR count). The molecule has 0 amide bonds. The zero-order valence-electron chi connectivity index (χ0n) is 11.3. The maximum Gasteiger partial charge on any atom is 0.231 e. The number of hydrogen-bond acceptors (Lipinski definition) is 4. The Labute approximate surface area is 122 Å². The molecule has 5 heteroatoms. The summed E-state index contributed by atoms with van der Waals surface area (Å²) in [5.41, 5.74) is 0.485. The van der Waals surface area contributed by atoms with Crippen molar-refractivity contribution in [1.29, 1.82) is 0 Å². The lowest BCUT2D eigenvalue weighted by Crippen LogP contribution is -2.39. The van der Waals surface area contributed by atoms with Gasteiger partial charge in [0.25, 0.3) is 0 Å². The summed E-state index contributed by atoms with van der Waals surface area (Å²) in [4.78, 5) is 0. The first-order valence-corrected chi connectivity index (χ1v) is 7.38. The molecule has 0 atom stereocenters. The van der Waals surface area contributed by atoms with Gasteiger partial charge in [0.2, 0.25) is 6.79 Å². The van der Waals surface area contributed by atoms with E-state index >= 15 is 0 Å². The smallest absolute Gasteiger partial charge is 0.231 e. The second-order valence-corrected chi connectivity index (χ2v) is 5.70. The Kier molecular flexibility index (Phi) is 4.71. The van der Waals surface area contributed by atoms with E-state index in [0.717, 1.165) is 34.4 Å². The normalized spacial score (nSPS) is 13.9. The molecule has 1 aliphatic rings. The SMILES string of the molecule is CCC(O)(CC)CNCc1cc(Br)c2c(c1)OCO2. The number of halogens is 1. The van der Waals surface area contributed by atoms with Gasteiger partial charge in [-0.05, 0) is 46.5 Å². The van der Waals surface area contributed by atoms with Crippen molar-refractivity contribution in [2.75, 3.05) is 13.3 Å². The van der Waals surface area contributed by atoms with E-state index in [1.807, 2.05) is 26.0 Å². The summed E-state index contributed by atoms with van der Waals surface area (Å²) in [6, 6.07) is 3.98.